The van der Waals surface area contributed by atoms with Crippen molar-refractivity contribution in [2.75, 3.05) is 13.7 Å². The molecule has 1 aliphatic carbocycles. The van der Waals surface area contributed by atoms with Crippen LogP contribution < -0.4 is 15.4 Å². The Morgan fingerprint density at radius 1 is 0.931 bits per heavy atom. The van der Waals surface area contributed by atoms with Crippen molar-refractivity contribution < 1.29 is 17.9 Å². The third-order valence-electron chi connectivity index (χ3n) is 5.62. The summed E-state index contributed by atoms with van der Waals surface area (Å²) in [5, 5.41) is 6.98. The Balaban J connectivity index is 1.73. The summed E-state index contributed by atoms with van der Waals surface area (Å²) < 4.78 is 44.2. The molecule has 3 rings (SSSR count). The lowest BCUT2D eigenvalue weighted by molar-refractivity contribution is -0.137. The molecule has 2 N–H and O–H groups in total. The second kappa shape index (κ2) is 9.63. The summed E-state index contributed by atoms with van der Waals surface area (Å²) >= 11 is 0. The van der Waals surface area contributed by atoms with E-state index in [-0.39, 0.29) is 0 Å². The van der Waals surface area contributed by atoms with E-state index in [0.717, 1.165) is 60.3 Å². The molecule has 0 bridgehead atoms. The molecule has 0 aromatic heterocycles. The molecule has 6 heteroatoms. The Hall–Kier alpha value is -2.05. The van der Waals surface area contributed by atoms with Crippen LogP contribution in [0.25, 0.3) is 11.1 Å². The van der Waals surface area contributed by atoms with E-state index in [2.05, 4.69) is 10.6 Å². The summed E-state index contributed by atoms with van der Waals surface area (Å²) in [4.78, 5) is 0. The highest BCUT2D eigenvalue weighted by Crippen LogP contribution is 2.32. The van der Waals surface area contributed by atoms with Gasteiger partial charge in [-0.3, -0.25) is 0 Å². The first-order chi connectivity index (χ1) is 13.9. The average Bonchev–Trinajstić information content (AvgIpc) is 2.73. The lowest BCUT2D eigenvalue weighted by atomic mass is 9.91. The van der Waals surface area contributed by atoms with Crippen LogP contribution in [0.5, 0.6) is 5.75 Å². The van der Waals surface area contributed by atoms with Crippen LogP contribution in [0.15, 0.2) is 42.5 Å². The van der Waals surface area contributed by atoms with Crippen LogP contribution in [0.2, 0.25) is 0 Å². The molecule has 0 unspecified atom stereocenters. The number of hydrogen-bond acceptors (Lipinski definition) is 3. The highest BCUT2D eigenvalue weighted by atomic mass is 19.4. The van der Waals surface area contributed by atoms with Gasteiger partial charge in [-0.2, -0.15) is 13.2 Å². The standard InChI is InChI=1S/C23H29F3N2O/c1-3-29-22-13-6-17(16-4-7-19(8-5-16)23(24,25)26)14-18(22)15-28-21-11-9-20(27-2)10-12-21/h4-8,13-14,20-21,27-28H,3,9-12,15H2,1-2H3. The Morgan fingerprint density at radius 2 is 1.55 bits per heavy atom. The zero-order valence-corrected chi connectivity index (χ0v) is 17.0. The number of hydrogen-bond donors (Lipinski definition) is 2. The van der Waals surface area contributed by atoms with Crippen molar-refractivity contribution in [2.45, 2.75) is 57.4 Å². The van der Waals surface area contributed by atoms with E-state index in [1.807, 2.05) is 32.2 Å². The quantitative estimate of drug-likeness (QED) is 0.647. The Kier molecular flexibility index (Phi) is 7.19. The molecule has 0 radical (unpaired) electrons. The molecule has 0 heterocycles. The van der Waals surface area contributed by atoms with Crippen LogP contribution in [0.4, 0.5) is 13.2 Å². The minimum Gasteiger partial charge on any atom is -0.494 e. The maximum atomic E-state index is 12.8. The average molecular weight is 406 g/mol. The van der Waals surface area contributed by atoms with Gasteiger partial charge in [-0.05, 0) is 75.0 Å². The molecule has 1 fully saturated rings. The molecule has 1 aliphatic rings. The van der Waals surface area contributed by atoms with Crippen molar-refractivity contribution in [1.82, 2.24) is 10.6 Å². The lowest BCUT2D eigenvalue weighted by Gasteiger charge is -2.29. The third-order valence-corrected chi connectivity index (χ3v) is 5.62. The molecule has 0 spiro atoms. The first-order valence-electron chi connectivity index (χ1n) is 10.2. The van der Waals surface area contributed by atoms with Gasteiger partial charge in [0, 0.05) is 24.2 Å². The maximum Gasteiger partial charge on any atom is 0.416 e. The third kappa shape index (κ3) is 5.73. The number of alkyl halides is 3. The molecule has 158 valence electrons. The molecule has 29 heavy (non-hydrogen) atoms. The highest BCUT2D eigenvalue weighted by Gasteiger charge is 2.30. The predicted octanol–water partition coefficient (Wildman–Crippen LogP) is 5.39. The summed E-state index contributed by atoms with van der Waals surface area (Å²) in [6, 6.07) is 12.2. The first kappa shape index (κ1) is 21.7. The summed E-state index contributed by atoms with van der Waals surface area (Å²) in [6.07, 6.45) is 0.275. The van der Waals surface area contributed by atoms with E-state index in [0.29, 0.717) is 25.2 Å². The van der Waals surface area contributed by atoms with Gasteiger partial charge in [0.2, 0.25) is 0 Å². The maximum absolute atomic E-state index is 12.8. The Bertz CT molecular complexity index is 782. The van der Waals surface area contributed by atoms with Crippen molar-refractivity contribution in [3.63, 3.8) is 0 Å². The van der Waals surface area contributed by atoms with E-state index in [1.54, 1.807) is 0 Å². The van der Waals surface area contributed by atoms with E-state index in [1.165, 1.54) is 12.1 Å². The molecule has 2 aromatic rings. The normalized spacial score (nSPS) is 19.9. The van der Waals surface area contributed by atoms with Gasteiger partial charge < -0.3 is 15.4 Å². The lowest BCUT2D eigenvalue weighted by Crippen LogP contribution is -2.38. The molecular weight excluding hydrogens is 377 g/mol. The Labute approximate surface area is 170 Å². The molecule has 0 aliphatic heterocycles. The monoisotopic (exact) mass is 406 g/mol. The van der Waals surface area contributed by atoms with Gasteiger partial charge in [-0.15, -0.1) is 0 Å². The summed E-state index contributed by atoms with van der Waals surface area (Å²) in [7, 11) is 2.01. The number of benzene rings is 2. The second-order valence-electron chi connectivity index (χ2n) is 7.55. The SMILES string of the molecule is CCOc1ccc(-c2ccc(C(F)(F)F)cc2)cc1CNC1CCC(NC)CC1. The van der Waals surface area contributed by atoms with Gasteiger partial charge in [-0.1, -0.05) is 18.2 Å². The fourth-order valence-corrected chi connectivity index (χ4v) is 3.89. The van der Waals surface area contributed by atoms with Gasteiger partial charge in [-0.25, -0.2) is 0 Å². The number of ether oxygens (including phenoxy) is 1. The predicted molar refractivity (Wildman–Crippen MR) is 110 cm³/mol. The number of nitrogens with one attached hydrogen (secondary N) is 2. The van der Waals surface area contributed by atoms with E-state index in [4.69, 9.17) is 4.74 Å². The smallest absolute Gasteiger partial charge is 0.416 e. The van der Waals surface area contributed by atoms with Crippen molar-refractivity contribution in [3.8, 4) is 16.9 Å². The van der Waals surface area contributed by atoms with Crippen molar-refractivity contribution in [2.24, 2.45) is 0 Å². The van der Waals surface area contributed by atoms with E-state index < -0.39 is 11.7 Å². The van der Waals surface area contributed by atoms with E-state index in [9.17, 15) is 13.2 Å². The highest BCUT2D eigenvalue weighted by molar-refractivity contribution is 5.66. The summed E-state index contributed by atoms with van der Waals surface area (Å²) in [5.41, 5.74) is 2.04. The molecule has 0 saturated heterocycles. The largest absolute Gasteiger partial charge is 0.494 e. The zero-order valence-electron chi connectivity index (χ0n) is 17.0. The van der Waals surface area contributed by atoms with Crippen LogP contribution in [0.3, 0.4) is 0 Å². The van der Waals surface area contributed by atoms with Gasteiger partial charge in [0.25, 0.3) is 0 Å². The van der Waals surface area contributed by atoms with Gasteiger partial charge >= 0.3 is 6.18 Å². The first-order valence-corrected chi connectivity index (χ1v) is 10.2. The van der Waals surface area contributed by atoms with Crippen LogP contribution in [0.1, 0.15) is 43.7 Å². The van der Waals surface area contributed by atoms with Crippen LogP contribution >= 0.6 is 0 Å². The van der Waals surface area contributed by atoms with Crippen LogP contribution in [0, 0.1) is 0 Å². The van der Waals surface area contributed by atoms with Gasteiger partial charge in [0.1, 0.15) is 5.75 Å². The number of halogens is 3. The minimum atomic E-state index is -4.32. The fourth-order valence-electron chi connectivity index (χ4n) is 3.89. The van der Waals surface area contributed by atoms with Crippen molar-refractivity contribution in [1.29, 1.82) is 0 Å². The topological polar surface area (TPSA) is 33.3 Å². The summed E-state index contributed by atoms with van der Waals surface area (Å²) in [6.45, 7) is 3.19. The minimum absolute atomic E-state index is 0.476. The van der Waals surface area contributed by atoms with Gasteiger partial charge in [0.15, 0.2) is 0 Å². The fraction of sp³-hybridized carbons (Fsp3) is 0.478. The Morgan fingerprint density at radius 3 is 2.14 bits per heavy atom. The van der Waals surface area contributed by atoms with Crippen LogP contribution in [-0.2, 0) is 12.7 Å². The molecule has 0 amide bonds. The summed E-state index contributed by atoms with van der Waals surface area (Å²) in [5.74, 6) is 0.819. The molecule has 1 saturated carbocycles. The molecule has 3 nitrogen and oxygen atoms in total. The molecular formula is C23H29F3N2O. The number of rotatable bonds is 7. The molecule has 2 aromatic carbocycles. The molecule has 0 atom stereocenters. The van der Waals surface area contributed by atoms with E-state index >= 15 is 0 Å². The van der Waals surface area contributed by atoms with Crippen LogP contribution in [-0.4, -0.2) is 25.7 Å². The van der Waals surface area contributed by atoms with Crippen molar-refractivity contribution >= 4 is 0 Å². The van der Waals surface area contributed by atoms with Crippen molar-refractivity contribution in [3.05, 3.63) is 53.6 Å². The zero-order chi connectivity index (χ0) is 20.9. The van der Waals surface area contributed by atoms with Gasteiger partial charge in [0.05, 0.1) is 12.2 Å². The second-order valence-corrected chi connectivity index (χ2v) is 7.55.